The highest BCUT2D eigenvalue weighted by atomic mass is 16.7. The van der Waals surface area contributed by atoms with Crippen LogP contribution in [0.2, 0.25) is 0 Å². The Bertz CT molecular complexity index is 359. The van der Waals surface area contributed by atoms with E-state index >= 15 is 0 Å². The maximum Gasteiger partial charge on any atom is 0.277 e. The van der Waals surface area contributed by atoms with Crippen LogP contribution in [-0.2, 0) is 4.84 Å². The number of rotatable bonds is 1. The Morgan fingerprint density at radius 2 is 2.27 bits per heavy atom. The van der Waals surface area contributed by atoms with Crippen molar-refractivity contribution in [3.63, 3.8) is 0 Å². The van der Waals surface area contributed by atoms with E-state index in [4.69, 9.17) is 10.6 Å². The monoisotopic (exact) mass is 206 g/mol. The van der Waals surface area contributed by atoms with Gasteiger partial charge in [0.1, 0.15) is 0 Å². The number of nitrogens with two attached hydrogens (primary N) is 1. The third-order valence-electron chi connectivity index (χ3n) is 2.36. The lowest BCUT2D eigenvalue weighted by molar-refractivity contribution is -0.144. The fraction of sp³-hybridized carbons (Fsp3) is 0.364. The lowest BCUT2D eigenvalue weighted by atomic mass is 10.2. The van der Waals surface area contributed by atoms with Crippen LogP contribution in [-0.4, -0.2) is 24.1 Å². The molecule has 1 aromatic carbocycles. The molecule has 1 fully saturated rings. The molecule has 0 bridgehead atoms. The molecule has 1 heterocycles. The molecule has 1 aliphatic rings. The molecule has 1 saturated heterocycles. The summed E-state index contributed by atoms with van der Waals surface area (Å²) in [7, 11) is 0. The SMILES string of the molecule is Nc1cccc(C(=O)N2CCCCO2)c1. The van der Waals surface area contributed by atoms with Gasteiger partial charge in [-0.25, -0.2) is 5.06 Å². The van der Waals surface area contributed by atoms with Gasteiger partial charge in [-0.2, -0.15) is 0 Å². The molecule has 0 spiro atoms. The van der Waals surface area contributed by atoms with Crippen molar-refractivity contribution < 1.29 is 9.63 Å². The largest absolute Gasteiger partial charge is 0.399 e. The zero-order valence-electron chi connectivity index (χ0n) is 8.48. The standard InChI is InChI=1S/C11H14N2O2/c12-10-5-3-4-9(8-10)11(14)13-6-1-2-7-15-13/h3-5,8H,1-2,6-7,12H2. The number of hydrogen-bond acceptors (Lipinski definition) is 3. The van der Waals surface area contributed by atoms with Gasteiger partial charge in [-0.3, -0.25) is 9.63 Å². The predicted octanol–water partition coefficient (Wildman–Crippen LogP) is 1.44. The molecule has 0 aliphatic carbocycles. The fourth-order valence-electron chi connectivity index (χ4n) is 1.57. The Morgan fingerprint density at radius 3 is 2.93 bits per heavy atom. The molecule has 2 N–H and O–H groups in total. The number of nitrogen functional groups attached to an aromatic ring is 1. The van der Waals surface area contributed by atoms with E-state index in [0.29, 0.717) is 24.4 Å². The smallest absolute Gasteiger partial charge is 0.277 e. The molecule has 4 heteroatoms. The summed E-state index contributed by atoms with van der Waals surface area (Å²) in [5, 5.41) is 1.41. The Hall–Kier alpha value is -1.55. The van der Waals surface area contributed by atoms with Gasteiger partial charge in [0.25, 0.3) is 5.91 Å². The van der Waals surface area contributed by atoms with Crippen molar-refractivity contribution in [3.8, 4) is 0 Å². The van der Waals surface area contributed by atoms with Crippen LogP contribution in [0.15, 0.2) is 24.3 Å². The first-order chi connectivity index (χ1) is 7.27. The zero-order chi connectivity index (χ0) is 10.7. The molecule has 1 amide bonds. The first-order valence-corrected chi connectivity index (χ1v) is 5.08. The molecular formula is C11H14N2O2. The highest BCUT2D eigenvalue weighted by Crippen LogP contribution is 2.13. The van der Waals surface area contributed by atoms with Gasteiger partial charge in [-0.15, -0.1) is 0 Å². The predicted molar refractivity (Wildman–Crippen MR) is 57.1 cm³/mol. The Kier molecular flexibility index (Phi) is 2.87. The number of hydrogen-bond donors (Lipinski definition) is 1. The lowest BCUT2D eigenvalue weighted by Gasteiger charge is -2.25. The summed E-state index contributed by atoms with van der Waals surface area (Å²) in [4.78, 5) is 17.2. The van der Waals surface area contributed by atoms with Crippen LogP contribution < -0.4 is 5.73 Å². The molecule has 1 aliphatic heterocycles. The highest BCUT2D eigenvalue weighted by Gasteiger charge is 2.19. The van der Waals surface area contributed by atoms with Gasteiger partial charge in [0, 0.05) is 17.8 Å². The number of nitrogens with zero attached hydrogens (tertiary/aromatic N) is 1. The van der Waals surface area contributed by atoms with Gasteiger partial charge in [-0.1, -0.05) is 6.07 Å². The molecular weight excluding hydrogens is 192 g/mol. The first-order valence-electron chi connectivity index (χ1n) is 5.08. The molecule has 80 valence electrons. The molecule has 1 aromatic rings. The van der Waals surface area contributed by atoms with Gasteiger partial charge in [-0.05, 0) is 31.0 Å². The third-order valence-corrected chi connectivity index (χ3v) is 2.36. The fourth-order valence-corrected chi connectivity index (χ4v) is 1.57. The molecule has 0 saturated carbocycles. The van der Waals surface area contributed by atoms with E-state index in [1.807, 2.05) is 0 Å². The normalized spacial score (nSPS) is 16.4. The van der Waals surface area contributed by atoms with E-state index in [2.05, 4.69) is 0 Å². The van der Waals surface area contributed by atoms with Gasteiger partial charge in [0.05, 0.1) is 6.61 Å². The van der Waals surface area contributed by atoms with Gasteiger partial charge < -0.3 is 5.73 Å². The summed E-state index contributed by atoms with van der Waals surface area (Å²) in [6.45, 7) is 1.28. The second-order valence-corrected chi connectivity index (χ2v) is 3.57. The maximum atomic E-state index is 11.9. The molecule has 0 atom stereocenters. The molecule has 0 radical (unpaired) electrons. The number of carbonyl (C=O) groups excluding carboxylic acids is 1. The lowest BCUT2D eigenvalue weighted by Crippen LogP contribution is -2.35. The highest BCUT2D eigenvalue weighted by molar-refractivity contribution is 5.94. The number of carbonyl (C=O) groups is 1. The van der Waals surface area contributed by atoms with Crippen LogP contribution >= 0.6 is 0 Å². The third kappa shape index (κ3) is 2.27. The van der Waals surface area contributed by atoms with Crippen LogP contribution in [0.1, 0.15) is 23.2 Å². The van der Waals surface area contributed by atoms with Crippen molar-refractivity contribution in [1.82, 2.24) is 5.06 Å². The molecule has 4 nitrogen and oxygen atoms in total. The summed E-state index contributed by atoms with van der Waals surface area (Å²) in [6.07, 6.45) is 2.01. The number of amides is 1. The molecule has 0 unspecified atom stereocenters. The summed E-state index contributed by atoms with van der Waals surface area (Å²) in [5.74, 6) is -0.109. The minimum Gasteiger partial charge on any atom is -0.399 e. The second-order valence-electron chi connectivity index (χ2n) is 3.57. The molecule has 0 aromatic heterocycles. The Morgan fingerprint density at radius 1 is 1.40 bits per heavy atom. The Labute approximate surface area is 88.6 Å². The van der Waals surface area contributed by atoms with E-state index in [0.717, 1.165) is 12.8 Å². The van der Waals surface area contributed by atoms with Crippen LogP contribution in [0, 0.1) is 0 Å². The summed E-state index contributed by atoms with van der Waals surface area (Å²) in [6, 6.07) is 6.94. The van der Waals surface area contributed by atoms with E-state index < -0.39 is 0 Å². The summed E-state index contributed by atoms with van der Waals surface area (Å²) >= 11 is 0. The quantitative estimate of drug-likeness (QED) is 0.707. The van der Waals surface area contributed by atoms with Crippen molar-refractivity contribution in [2.24, 2.45) is 0 Å². The van der Waals surface area contributed by atoms with Gasteiger partial charge in [0.2, 0.25) is 0 Å². The maximum absolute atomic E-state index is 11.9. The average molecular weight is 206 g/mol. The zero-order valence-corrected chi connectivity index (χ0v) is 8.48. The topological polar surface area (TPSA) is 55.6 Å². The van der Waals surface area contributed by atoms with Crippen LogP contribution in [0.3, 0.4) is 0 Å². The number of hydroxylamine groups is 2. The van der Waals surface area contributed by atoms with Crippen molar-refractivity contribution in [3.05, 3.63) is 29.8 Å². The summed E-state index contributed by atoms with van der Waals surface area (Å²) in [5.41, 5.74) is 6.79. The molecule has 15 heavy (non-hydrogen) atoms. The number of anilines is 1. The average Bonchev–Trinajstić information content (AvgIpc) is 2.29. The number of benzene rings is 1. The van der Waals surface area contributed by atoms with Crippen molar-refractivity contribution >= 4 is 11.6 Å². The van der Waals surface area contributed by atoms with E-state index in [-0.39, 0.29) is 5.91 Å². The van der Waals surface area contributed by atoms with Crippen LogP contribution in [0.4, 0.5) is 5.69 Å². The molecule has 2 rings (SSSR count). The van der Waals surface area contributed by atoms with E-state index in [1.54, 1.807) is 24.3 Å². The van der Waals surface area contributed by atoms with Crippen molar-refractivity contribution in [2.75, 3.05) is 18.9 Å². The van der Waals surface area contributed by atoms with E-state index in [9.17, 15) is 4.79 Å². The van der Waals surface area contributed by atoms with E-state index in [1.165, 1.54) is 5.06 Å². The van der Waals surface area contributed by atoms with Crippen molar-refractivity contribution in [1.29, 1.82) is 0 Å². The van der Waals surface area contributed by atoms with Gasteiger partial charge >= 0.3 is 0 Å². The van der Waals surface area contributed by atoms with Gasteiger partial charge in [0.15, 0.2) is 0 Å². The van der Waals surface area contributed by atoms with Crippen LogP contribution in [0.25, 0.3) is 0 Å². The minimum absolute atomic E-state index is 0.109. The summed E-state index contributed by atoms with van der Waals surface area (Å²) < 4.78 is 0. The van der Waals surface area contributed by atoms with Crippen LogP contribution in [0.5, 0.6) is 0 Å². The van der Waals surface area contributed by atoms with Crippen molar-refractivity contribution in [2.45, 2.75) is 12.8 Å². The minimum atomic E-state index is -0.109. The second kappa shape index (κ2) is 4.31. The Balaban J connectivity index is 2.12. The first kappa shape index (κ1) is 9.98.